The quantitative estimate of drug-likeness (QED) is 0.266. The number of terminal acetylenes is 1. The van der Waals surface area contributed by atoms with E-state index in [1.165, 1.54) is 16.0 Å². The smallest absolute Gasteiger partial charge is 0.225 e. The van der Waals surface area contributed by atoms with E-state index in [2.05, 4.69) is 33.4 Å². The number of aryl methyl sites for hydroxylation is 2. The van der Waals surface area contributed by atoms with E-state index in [1.54, 1.807) is 17.5 Å². The number of halogens is 1. The second-order valence-electron chi connectivity index (χ2n) is 12.0. The number of aliphatic hydroxyl groups excluding tert-OH is 1. The van der Waals surface area contributed by atoms with Gasteiger partial charge in [-0.05, 0) is 86.5 Å². The molecule has 2 heterocycles. The van der Waals surface area contributed by atoms with Gasteiger partial charge in [-0.25, -0.2) is 9.97 Å². The summed E-state index contributed by atoms with van der Waals surface area (Å²) in [5.41, 5.74) is 11.7. The predicted octanol–water partition coefficient (Wildman–Crippen LogP) is 1.22. The summed E-state index contributed by atoms with van der Waals surface area (Å²) in [6.07, 6.45) is 14.2. The lowest BCUT2D eigenvalue weighted by molar-refractivity contribution is -0.689. The third-order valence-corrected chi connectivity index (χ3v) is 11.1. The number of nitrogens with two attached hydrogens (primary N) is 1. The SMILES string of the molecule is C#C[C@]1(O)CC[C@H]2[C@@H]3CCc4cc(O)ccc4[C@H]3CC[C@@]21C.Cc1ncc(C[n+]2csc(CCO)c2C)c(N)n1.[Cl-]. The van der Waals surface area contributed by atoms with Gasteiger partial charge >= 0.3 is 0 Å². The summed E-state index contributed by atoms with van der Waals surface area (Å²) in [6.45, 7) is 6.93. The lowest BCUT2D eigenvalue weighted by atomic mass is 9.53. The number of phenolic OH excluding ortho intramolecular Hbond substituents is 1. The molecule has 0 bridgehead atoms. The zero-order chi connectivity index (χ0) is 28.7. The first-order valence-corrected chi connectivity index (χ1v) is 15.2. The number of aromatic hydroxyl groups is 1. The molecule has 3 aliphatic rings. The van der Waals surface area contributed by atoms with E-state index in [-0.39, 0.29) is 24.4 Å². The minimum absolute atomic E-state index is 0. The number of anilines is 1. The highest BCUT2D eigenvalue weighted by atomic mass is 35.5. The van der Waals surface area contributed by atoms with Crippen LogP contribution in [0.3, 0.4) is 0 Å². The van der Waals surface area contributed by atoms with Crippen LogP contribution in [0, 0.1) is 43.4 Å². The second-order valence-corrected chi connectivity index (χ2v) is 12.9. The molecule has 0 saturated heterocycles. The molecule has 6 rings (SSSR count). The van der Waals surface area contributed by atoms with E-state index >= 15 is 0 Å². The Morgan fingerprint density at radius 3 is 2.71 bits per heavy atom. The Hall–Kier alpha value is -2.70. The van der Waals surface area contributed by atoms with Gasteiger partial charge in [0.2, 0.25) is 5.51 Å². The molecule has 0 radical (unpaired) electrons. The fraction of sp³-hybridized carbons (Fsp3) is 0.531. The van der Waals surface area contributed by atoms with Crippen LogP contribution in [-0.2, 0) is 19.4 Å². The second kappa shape index (κ2) is 12.3. The van der Waals surface area contributed by atoms with E-state index in [1.807, 2.05) is 31.5 Å². The van der Waals surface area contributed by atoms with Gasteiger partial charge in [0.05, 0.1) is 10.4 Å². The third-order valence-electron chi connectivity index (χ3n) is 9.96. The molecule has 0 unspecified atom stereocenters. The van der Waals surface area contributed by atoms with Crippen molar-refractivity contribution in [2.45, 2.75) is 83.8 Å². The molecule has 41 heavy (non-hydrogen) atoms. The van der Waals surface area contributed by atoms with Gasteiger partial charge in [-0.15, -0.1) is 6.42 Å². The molecule has 2 saturated carbocycles. The van der Waals surface area contributed by atoms with Crippen molar-refractivity contribution in [3.8, 4) is 18.1 Å². The van der Waals surface area contributed by atoms with Gasteiger partial charge in [0, 0.05) is 31.6 Å². The summed E-state index contributed by atoms with van der Waals surface area (Å²) in [5.74, 6) is 6.03. The van der Waals surface area contributed by atoms with E-state index in [0.717, 1.165) is 49.8 Å². The number of hydrogen-bond acceptors (Lipinski definition) is 7. The molecule has 2 fully saturated rings. The molecule has 5 N–H and O–H groups in total. The fourth-order valence-electron chi connectivity index (χ4n) is 7.59. The van der Waals surface area contributed by atoms with Crippen molar-refractivity contribution in [2.75, 3.05) is 12.3 Å². The van der Waals surface area contributed by atoms with Crippen LogP contribution < -0.4 is 22.7 Å². The molecule has 5 atom stereocenters. The van der Waals surface area contributed by atoms with Gasteiger partial charge in [0.1, 0.15) is 23.0 Å². The first-order chi connectivity index (χ1) is 19.1. The van der Waals surface area contributed by atoms with E-state index in [0.29, 0.717) is 48.1 Å². The van der Waals surface area contributed by atoms with Crippen LogP contribution in [0.25, 0.3) is 0 Å². The highest BCUT2D eigenvalue weighted by Gasteiger charge is 2.61. The molecule has 7 nitrogen and oxygen atoms in total. The molecular formula is C32H41ClN4O3S. The molecule has 1 aromatic carbocycles. The number of aromatic nitrogens is 3. The molecule has 0 amide bonds. The molecule has 3 aromatic rings. The molecule has 0 aliphatic heterocycles. The normalized spacial score (nSPS) is 27.8. The van der Waals surface area contributed by atoms with Crippen molar-refractivity contribution in [3.05, 3.63) is 63.0 Å². The van der Waals surface area contributed by atoms with Crippen molar-refractivity contribution in [1.82, 2.24) is 9.97 Å². The van der Waals surface area contributed by atoms with Crippen LogP contribution in [0.4, 0.5) is 5.82 Å². The Morgan fingerprint density at radius 1 is 1.22 bits per heavy atom. The maximum Gasteiger partial charge on any atom is 0.225 e. The monoisotopic (exact) mass is 596 g/mol. The van der Waals surface area contributed by atoms with Crippen molar-refractivity contribution in [3.63, 3.8) is 0 Å². The number of rotatable bonds is 4. The molecule has 3 aliphatic carbocycles. The van der Waals surface area contributed by atoms with Crippen LogP contribution in [0.2, 0.25) is 0 Å². The summed E-state index contributed by atoms with van der Waals surface area (Å²) < 4.78 is 2.11. The molecule has 9 heteroatoms. The number of nitrogen functional groups attached to an aromatic ring is 1. The first-order valence-electron chi connectivity index (χ1n) is 14.3. The average molecular weight is 597 g/mol. The van der Waals surface area contributed by atoms with Gasteiger partial charge in [0.15, 0.2) is 12.2 Å². The molecule has 2 aromatic heterocycles. The summed E-state index contributed by atoms with van der Waals surface area (Å²) in [5, 5.41) is 29.6. The van der Waals surface area contributed by atoms with Gasteiger partial charge in [0.25, 0.3) is 0 Å². The minimum atomic E-state index is -0.919. The number of fused-ring (bicyclic) bond motifs is 5. The van der Waals surface area contributed by atoms with Crippen LogP contribution in [0.1, 0.15) is 78.0 Å². The summed E-state index contributed by atoms with van der Waals surface area (Å²) in [4.78, 5) is 9.53. The minimum Gasteiger partial charge on any atom is -1.00 e. The number of aliphatic hydroxyl groups is 2. The number of phenols is 1. The van der Waals surface area contributed by atoms with Crippen LogP contribution >= 0.6 is 11.3 Å². The largest absolute Gasteiger partial charge is 1.00 e. The van der Waals surface area contributed by atoms with E-state index in [4.69, 9.17) is 17.3 Å². The van der Waals surface area contributed by atoms with E-state index < -0.39 is 5.60 Å². The highest BCUT2D eigenvalue weighted by Crippen LogP contribution is 2.64. The molecule has 0 spiro atoms. The molecular weight excluding hydrogens is 556 g/mol. The topological polar surface area (TPSA) is 116 Å². The zero-order valence-electron chi connectivity index (χ0n) is 24.1. The van der Waals surface area contributed by atoms with Crippen LogP contribution in [-0.4, -0.2) is 37.5 Å². The van der Waals surface area contributed by atoms with Crippen LogP contribution in [0.5, 0.6) is 5.75 Å². The lowest BCUT2D eigenvalue weighted by Crippen LogP contribution is -3.00. The van der Waals surface area contributed by atoms with Crippen molar-refractivity contribution in [1.29, 1.82) is 0 Å². The Balaban J connectivity index is 0.000000188. The number of thiazole rings is 1. The fourth-order valence-corrected chi connectivity index (χ4v) is 8.57. The van der Waals surface area contributed by atoms with E-state index in [9.17, 15) is 10.2 Å². The summed E-state index contributed by atoms with van der Waals surface area (Å²) in [7, 11) is 0. The average Bonchev–Trinajstić information content (AvgIpc) is 3.42. The van der Waals surface area contributed by atoms with Gasteiger partial charge in [-0.1, -0.05) is 30.2 Å². The Labute approximate surface area is 253 Å². The van der Waals surface area contributed by atoms with Crippen molar-refractivity contribution in [2.24, 2.45) is 17.3 Å². The Morgan fingerprint density at radius 2 is 2.00 bits per heavy atom. The van der Waals surface area contributed by atoms with Gasteiger partial charge in [-0.2, -0.15) is 4.57 Å². The summed E-state index contributed by atoms with van der Waals surface area (Å²) >= 11 is 1.65. The Bertz CT molecular complexity index is 1440. The number of nitrogens with zero attached hydrogens (tertiary/aromatic N) is 3. The standard InChI is InChI=1S/C20H24O2.C12H17N4OS.ClH/c1-3-20(22)11-9-18-17-6-4-13-12-14(21)5-7-15(13)16(17)8-10-19(18,20)2;1-8-11(3-4-17)18-7-16(8)6-10-5-14-9(2)15-12(10)13;/h1,5,7,12,16-18,21-22H,4,6,8-11H2,2H3;5,7,17H,3-4,6H2,1-2H3,(H2,13,14,15);1H/q;+1;/p-1/t16-,17-,18+,19+,20+;;/m1../s1. The van der Waals surface area contributed by atoms with Gasteiger partial charge < -0.3 is 33.5 Å². The third kappa shape index (κ3) is 5.70. The summed E-state index contributed by atoms with van der Waals surface area (Å²) in [6, 6.07) is 5.87. The molecule has 220 valence electrons. The maximum absolute atomic E-state index is 10.9. The predicted molar refractivity (Wildman–Crippen MR) is 157 cm³/mol. The van der Waals surface area contributed by atoms with Gasteiger partial charge in [-0.3, -0.25) is 0 Å². The number of benzene rings is 1. The first kappa shape index (κ1) is 31.2. The van der Waals surface area contributed by atoms with Crippen molar-refractivity contribution < 1.29 is 32.3 Å². The van der Waals surface area contributed by atoms with Crippen molar-refractivity contribution >= 4 is 17.2 Å². The lowest BCUT2D eigenvalue weighted by Gasteiger charge is -2.52. The maximum atomic E-state index is 10.9. The van der Waals surface area contributed by atoms with Crippen LogP contribution in [0.15, 0.2) is 29.9 Å². The zero-order valence-corrected chi connectivity index (χ0v) is 25.7. The Kier molecular flexibility index (Phi) is 9.35. The number of hydrogen-bond donors (Lipinski definition) is 4. The highest BCUT2D eigenvalue weighted by molar-refractivity contribution is 7.09.